The zero-order valence-corrected chi connectivity index (χ0v) is 28.7. The van der Waals surface area contributed by atoms with Gasteiger partial charge < -0.3 is 20.3 Å². The average molecular weight is 712 g/mol. The maximum absolute atomic E-state index is 14.3. The minimum absolute atomic E-state index is 0.0334. The first kappa shape index (κ1) is 35.7. The zero-order valence-electron chi connectivity index (χ0n) is 27.1. The maximum atomic E-state index is 14.3. The van der Waals surface area contributed by atoms with Crippen molar-refractivity contribution in [2.24, 2.45) is 11.3 Å². The quantitative estimate of drug-likeness (QED) is 0.287. The van der Waals surface area contributed by atoms with Gasteiger partial charge in [0.2, 0.25) is 31.9 Å². The summed E-state index contributed by atoms with van der Waals surface area (Å²) in [5.74, 6) is -3.95. The highest BCUT2D eigenvalue weighted by molar-refractivity contribution is 7.91. The van der Waals surface area contributed by atoms with E-state index in [1.807, 2.05) is 0 Å². The largest absolute Gasteiger partial charge is 0.446 e. The molecule has 4 fully saturated rings. The van der Waals surface area contributed by atoms with Gasteiger partial charge in [0.25, 0.3) is 5.91 Å². The molecule has 0 aromatic heterocycles. The number of nitrogens with one attached hydrogen (secondary N) is 3. The van der Waals surface area contributed by atoms with Gasteiger partial charge in [0, 0.05) is 12.5 Å². The van der Waals surface area contributed by atoms with Crippen molar-refractivity contribution in [3.8, 4) is 0 Å². The third kappa shape index (κ3) is 7.37. The fourth-order valence-electron chi connectivity index (χ4n) is 6.14. The first-order valence-electron chi connectivity index (χ1n) is 15.9. The molecule has 17 heteroatoms. The molecule has 3 saturated carbocycles. The van der Waals surface area contributed by atoms with Crippen LogP contribution in [0.15, 0.2) is 41.8 Å². The highest BCUT2D eigenvalue weighted by Gasteiger charge is 2.62. The van der Waals surface area contributed by atoms with Crippen LogP contribution in [-0.2, 0) is 39.2 Å². The summed E-state index contributed by atoms with van der Waals surface area (Å²) in [5, 5.41) is 4.51. The fraction of sp³-hybridized carbons (Fsp3) is 0.613. The molecule has 1 aliphatic heterocycles. The number of halogens is 1. The van der Waals surface area contributed by atoms with E-state index in [9.17, 15) is 40.4 Å². The van der Waals surface area contributed by atoms with E-state index in [-0.39, 0.29) is 17.4 Å². The lowest BCUT2D eigenvalue weighted by Gasteiger charge is -2.35. The van der Waals surface area contributed by atoms with Crippen LogP contribution in [0.1, 0.15) is 65.7 Å². The number of hydrogen-bond acceptors (Lipinski definition) is 9. The second-order valence-electron chi connectivity index (χ2n) is 14.0. The van der Waals surface area contributed by atoms with Crippen molar-refractivity contribution in [1.82, 2.24) is 24.6 Å². The number of carbonyl (C=O) groups is 4. The Labute approximate surface area is 279 Å². The van der Waals surface area contributed by atoms with Crippen molar-refractivity contribution in [3.63, 3.8) is 0 Å². The van der Waals surface area contributed by atoms with Crippen LogP contribution in [0.2, 0.25) is 0 Å². The van der Waals surface area contributed by atoms with Crippen molar-refractivity contribution < 1.29 is 45.1 Å². The van der Waals surface area contributed by atoms with Crippen molar-refractivity contribution in [1.29, 1.82) is 0 Å². The van der Waals surface area contributed by atoms with Gasteiger partial charge in [0.1, 0.15) is 29.5 Å². The molecular formula is C31H42FN5O9S2. The topological polar surface area (TPSA) is 188 Å². The molecule has 3 N–H and O–H groups in total. The molecule has 5 rings (SSSR count). The predicted molar refractivity (Wildman–Crippen MR) is 170 cm³/mol. The molecule has 1 aromatic rings. The first-order chi connectivity index (χ1) is 22.4. The molecule has 1 heterocycles. The summed E-state index contributed by atoms with van der Waals surface area (Å²) in [4.78, 5) is 55.2. The van der Waals surface area contributed by atoms with E-state index in [0.717, 1.165) is 46.3 Å². The summed E-state index contributed by atoms with van der Waals surface area (Å²) >= 11 is 0. The smallest absolute Gasteiger partial charge is 0.408 e. The molecule has 1 aromatic carbocycles. The van der Waals surface area contributed by atoms with Crippen LogP contribution >= 0.6 is 0 Å². The average Bonchev–Trinajstić information content (AvgIpc) is 3.88. The Kier molecular flexibility index (Phi) is 9.71. The number of rotatable bonds is 11. The van der Waals surface area contributed by atoms with E-state index in [1.165, 1.54) is 6.08 Å². The van der Waals surface area contributed by atoms with Crippen LogP contribution in [0.5, 0.6) is 0 Å². The van der Waals surface area contributed by atoms with Crippen LogP contribution in [-0.4, -0.2) is 92.0 Å². The highest BCUT2D eigenvalue weighted by atomic mass is 32.2. The SMILES string of the molecule is C=C[C@@H]1C[C@]1(NC(=O)[C@@H]1CN(S(=O)(=O)c2ccc(F)cc2)CN1C(=O)[C@@H](NC(=O)OC1CCCC1)C(C)(C)C)C(=O)NS(=O)(=O)C1CC1. The molecule has 1 saturated heterocycles. The van der Waals surface area contributed by atoms with Crippen molar-refractivity contribution in [3.05, 3.63) is 42.7 Å². The molecule has 4 aliphatic rings. The zero-order chi connectivity index (χ0) is 35.2. The summed E-state index contributed by atoms with van der Waals surface area (Å²) in [6.07, 6.45) is 4.30. The molecule has 0 radical (unpaired) electrons. The molecule has 0 unspecified atom stereocenters. The Morgan fingerprint density at radius 3 is 2.21 bits per heavy atom. The highest BCUT2D eigenvalue weighted by Crippen LogP contribution is 2.45. The molecule has 4 amide bonds. The Hall–Kier alpha value is -3.57. The minimum Gasteiger partial charge on any atom is -0.446 e. The van der Waals surface area contributed by atoms with E-state index >= 15 is 0 Å². The summed E-state index contributed by atoms with van der Waals surface area (Å²) < 4.78 is 74.5. The Balaban J connectivity index is 1.43. The Bertz CT molecular complexity index is 1690. The number of amides is 4. The molecule has 48 heavy (non-hydrogen) atoms. The van der Waals surface area contributed by atoms with Crippen molar-refractivity contribution in [2.75, 3.05) is 13.2 Å². The third-order valence-corrected chi connectivity index (χ3v) is 12.9. The van der Waals surface area contributed by atoms with Gasteiger partial charge in [-0.15, -0.1) is 6.58 Å². The number of sulfonamides is 2. The molecule has 264 valence electrons. The van der Waals surface area contributed by atoms with Gasteiger partial charge in [-0.1, -0.05) is 26.8 Å². The summed E-state index contributed by atoms with van der Waals surface area (Å²) in [5.41, 5.74) is -2.62. The number of alkyl carbamates (subject to hydrolysis) is 1. The maximum Gasteiger partial charge on any atom is 0.408 e. The lowest BCUT2D eigenvalue weighted by atomic mass is 9.85. The third-order valence-electron chi connectivity index (χ3n) is 9.30. The monoisotopic (exact) mass is 711 g/mol. The molecule has 4 atom stereocenters. The molecule has 0 bridgehead atoms. The number of nitrogens with zero attached hydrogens (tertiary/aromatic N) is 2. The lowest BCUT2D eigenvalue weighted by molar-refractivity contribution is -0.142. The van der Waals surface area contributed by atoms with E-state index in [1.54, 1.807) is 20.8 Å². The number of hydrogen-bond donors (Lipinski definition) is 3. The van der Waals surface area contributed by atoms with E-state index < -0.39 is 97.1 Å². The minimum atomic E-state index is -4.37. The van der Waals surface area contributed by atoms with E-state index in [2.05, 4.69) is 21.9 Å². The van der Waals surface area contributed by atoms with Crippen molar-refractivity contribution in [2.45, 2.75) is 99.6 Å². The van der Waals surface area contributed by atoms with Gasteiger partial charge in [0.15, 0.2) is 0 Å². The van der Waals surface area contributed by atoms with Crippen molar-refractivity contribution >= 4 is 43.9 Å². The van der Waals surface area contributed by atoms with Gasteiger partial charge in [-0.05, 0) is 74.6 Å². The molecule has 3 aliphatic carbocycles. The summed E-state index contributed by atoms with van der Waals surface area (Å²) in [6, 6.07) is 1.28. The molecule has 0 spiro atoms. The first-order valence-corrected chi connectivity index (χ1v) is 18.9. The van der Waals surface area contributed by atoms with Crippen LogP contribution in [0, 0.1) is 17.2 Å². The number of benzene rings is 1. The predicted octanol–water partition coefficient (Wildman–Crippen LogP) is 1.74. The van der Waals surface area contributed by atoms with E-state index in [4.69, 9.17) is 4.74 Å². The number of ether oxygens (including phenoxy) is 1. The van der Waals surface area contributed by atoms with Crippen LogP contribution in [0.25, 0.3) is 0 Å². The normalized spacial score (nSPS) is 25.6. The molecule has 14 nitrogen and oxygen atoms in total. The van der Waals surface area contributed by atoms with E-state index in [0.29, 0.717) is 25.7 Å². The standard InChI is InChI=1S/C31H42FN5O9S2/c1-5-19-16-31(19,28(40)35-47(42,43)22-14-15-22)34-26(38)24-17-36(48(44,45)23-12-10-20(32)11-13-23)18-37(24)27(39)25(30(2,3)4)33-29(41)46-21-8-6-7-9-21/h5,10-13,19,21-22,24-25H,1,6-9,14-18H2,2-4H3,(H,33,41)(H,34,38)(H,35,40)/t19-,24+,25-,31-/m1/s1. The Morgan fingerprint density at radius 2 is 1.67 bits per heavy atom. The fourth-order valence-corrected chi connectivity index (χ4v) is 8.89. The van der Waals surface area contributed by atoms with Crippen LogP contribution in [0.3, 0.4) is 0 Å². The molecular weight excluding hydrogens is 669 g/mol. The summed E-state index contributed by atoms with van der Waals surface area (Å²) in [6.45, 7) is 7.57. The second kappa shape index (κ2) is 13.0. The van der Waals surface area contributed by atoms with Crippen LogP contribution < -0.4 is 15.4 Å². The Morgan fingerprint density at radius 1 is 1.04 bits per heavy atom. The van der Waals surface area contributed by atoms with Crippen LogP contribution in [0.4, 0.5) is 9.18 Å². The van der Waals surface area contributed by atoms with Gasteiger partial charge in [-0.25, -0.2) is 26.0 Å². The summed E-state index contributed by atoms with van der Waals surface area (Å²) in [7, 11) is -8.33. The number of carbonyl (C=O) groups excluding carboxylic acids is 4. The van der Waals surface area contributed by atoms with Gasteiger partial charge in [-0.3, -0.25) is 19.1 Å². The second-order valence-corrected chi connectivity index (χ2v) is 17.9. The lowest BCUT2D eigenvalue weighted by Crippen LogP contribution is -2.60. The van der Waals surface area contributed by atoms with Gasteiger partial charge >= 0.3 is 6.09 Å². The van der Waals surface area contributed by atoms with Gasteiger partial charge in [-0.2, -0.15) is 4.31 Å². The van der Waals surface area contributed by atoms with Gasteiger partial charge in [0.05, 0.1) is 16.8 Å².